The summed E-state index contributed by atoms with van der Waals surface area (Å²) in [6.45, 7) is 4.53. The Hall–Kier alpha value is -2.10. The molecular formula is C17H20N2O2. The van der Waals surface area contributed by atoms with Gasteiger partial charge in [-0.05, 0) is 44.7 Å². The van der Waals surface area contributed by atoms with Gasteiger partial charge in [-0.1, -0.05) is 23.8 Å². The van der Waals surface area contributed by atoms with Crippen LogP contribution in [0.4, 0.5) is 5.69 Å². The zero-order valence-corrected chi connectivity index (χ0v) is 12.4. The summed E-state index contributed by atoms with van der Waals surface area (Å²) < 4.78 is 0. The molecule has 1 saturated carbocycles. The molecule has 0 aromatic heterocycles. The van der Waals surface area contributed by atoms with Gasteiger partial charge in [0.05, 0.1) is 11.3 Å². The van der Waals surface area contributed by atoms with Gasteiger partial charge in [0.2, 0.25) is 5.91 Å². The molecule has 1 aromatic rings. The Bertz CT molecular complexity index is 613. The van der Waals surface area contributed by atoms with E-state index in [2.05, 4.69) is 5.32 Å². The number of allylic oxidation sites excluding steroid dienone is 1. The van der Waals surface area contributed by atoms with Gasteiger partial charge in [0.25, 0.3) is 5.91 Å². The number of nitrogens with zero attached hydrogens (tertiary/aromatic N) is 1. The Balaban J connectivity index is 2.02. The molecule has 0 spiro atoms. The average Bonchev–Trinajstić information content (AvgIpc) is 3.28. The van der Waals surface area contributed by atoms with E-state index in [-0.39, 0.29) is 17.9 Å². The predicted octanol–water partition coefficient (Wildman–Crippen LogP) is 2.51. The Morgan fingerprint density at radius 3 is 2.67 bits per heavy atom. The third-order valence-electron chi connectivity index (χ3n) is 4.03. The van der Waals surface area contributed by atoms with E-state index in [1.807, 2.05) is 38.1 Å². The highest BCUT2D eigenvalue weighted by molar-refractivity contribution is 6.11. The second-order valence-electron chi connectivity index (χ2n) is 6.04. The first-order chi connectivity index (χ1) is 10.1. The number of nitrogens with one attached hydrogen (secondary N) is 1. The molecule has 1 fully saturated rings. The van der Waals surface area contributed by atoms with Crippen LogP contribution in [-0.2, 0) is 4.79 Å². The number of benzene rings is 1. The van der Waals surface area contributed by atoms with E-state index in [0.29, 0.717) is 23.7 Å². The zero-order chi connectivity index (χ0) is 15.0. The molecule has 0 saturated heterocycles. The van der Waals surface area contributed by atoms with Crippen molar-refractivity contribution in [2.24, 2.45) is 5.92 Å². The summed E-state index contributed by atoms with van der Waals surface area (Å²) >= 11 is 0. The lowest BCUT2D eigenvalue weighted by molar-refractivity contribution is -0.120. The number of amides is 2. The van der Waals surface area contributed by atoms with Crippen LogP contribution in [-0.4, -0.2) is 24.4 Å². The second-order valence-corrected chi connectivity index (χ2v) is 6.04. The number of rotatable bonds is 3. The monoisotopic (exact) mass is 284 g/mol. The van der Waals surface area contributed by atoms with Crippen molar-refractivity contribution in [3.8, 4) is 0 Å². The number of carbonyl (C=O) groups is 2. The van der Waals surface area contributed by atoms with Crippen molar-refractivity contribution in [1.82, 2.24) is 5.32 Å². The van der Waals surface area contributed by atoms with E-state index in [1.165, 1.54) is 0 Å². The maximum absolute atomic E-state index is 12.8. The highest BCUT2D eigenvalue weighted by Gasteiger charge is 2.42. The van der Waals surface area contributed by atoms with Gasteiger partial charge in [-0.25, -0.2) is 0 Å². The molecule has 2 amide bonds. The van der Waals surface area contributed by atoms with Gasteiger partial charge in [0.1, 0.15) is 6.04 Å². The van der Waals surface area contributed by atoms with Gasteiger partial charge in [-0.3, -0.25) is 9.59 Å². The zero-order valence-electron chi connectivity index (χ0n) is 12.4. The SMILES string of the molecule is CC(C)=CCN1C(=O)C(C2CC2)NC(=O)c2ccccc21. The van der Waals surface area contributed by atoms with E-state index in [0.717, 1.165) is 18.4 Å². The third-order valence-corrected chi connectivity index (χ3v) is 4.03. The molecule has 21 heavy (non-hydrogen) atoms. The molecule has 4 nitrogen and oxygen atoms in total. The summed E-state index contributed by atoms with van der Waals surface area (Å²) in [5.74, 6) is 0.161. The first kappa shape index (κ1) is 13.9. The lowest BCUT2D eigenvalue weighted by Gasteiger charge is -2.24. The van der Waals surface area contributed by atoms with Gasteiger partial charge in [-0.15, -0.1) is 0 Å². The second kappa shape index (κ2) is 5.35. The summed E-state index contributed by atoms with van der Waals surface area (Å²) in [5, 5.41) is 2.91. The van der Waals surface area contributed by atoms with Crippen molar-refractivity contribution in [3.05, 3.63) is 41.5 Å². The predicted molar refractivity (Wildman–Crippen MR) is 82.2 cm³/mol. The first-order valence-corrected chi connectivity index (χ1v) is 7.42. The number of anilines is 1. The van der Waals surface area contributed by atoms with Crippen LogP contribution >= 0.6 is 0 Å². The smallest absolute Gasteiger partial charge is 0.254 e. The van der Waals surface area contributed by atoms with Gasteiger partial charge < -0.3 is 10.2 Å². The van der Waals surface area contributed by atoms with E-state index < -0.39 is 0 Å². The van der Waals surface area contributed by atoms with Gasteiger partial charge in [0, 0.05) is 6.54 Å². The summed E-state index contributed by atoms with van der Waals surface area (Å²) in [5.41, 5.74) is 2.45. The lowest BCUT2D eigenvalue weighted by Crippen LogP contribution is -2.47. The Labute approximate surface area is 124 Å². The number of hydrogen-bond donors (Lipinski definition) is 1. The van der Waals surface area contributed by atoms with Crippen molar-refractivity contribution in [2.75, 3.05) is 11.4 Å². The minimum atomic E-state index is -0.379. The molecule has 0 bridgehead atoms. The summed E-state index contributed by atoms with van der Waals surface area (Å²) in [6, 6.07) is 6.95. The van der Waals surface area contributed by atoms with Crippen molar-refractivity contribution in [2.45, 2.75) is 32.7 Å². The van der Waals surface area contributed by atoms with Crippen LogP contribution in [0, 0.1) is 5.92 Å². The molecule has 1 aromatic carbocycles. The molecule has 2 aliphatic rings. The van der Waals surface area contributed by atoms with Crippen LogP contribution in [0.2, 0.25) is 0 Å². The highest BCUT2D eigenvalue weighted by atomic mass is 16.2. The molecule has 1 N–H and O–H groups in total. The maximum atomic E-state index is 12.8. The maximum Gasteiger partial charge on any atom is 0.254 e. The molecule has 0 radical (unpaired) electrons. The standard InChI is InChI=1S/C17H20N2O2/c1-11(2)9-10-19-14-6-4-3-5-13(14)16(20)18-15(17(19)21)12-7-8-12/h3-6,9,12,15H,7-8,10H2,1-2H3,(H,18,20). The molecule has 1 atom stereocenters. The average molecular weight is 284 g/mol. The summed E-state index contributed by atoms with van der Waals surface area (Å²) in [6.07, 6.45) is 4.06. The van der Waals surface area contributed by atoms with E-state index in [9.17, 15) is 9.59 Å². The Morgan fingerprint density at radius 2 is 2.00 bits per heavy atom. The Kier molecular flexibility index (Phi) is 3.53. The molecule has 4 heteroatoms. The van der Waals surface area contributed by atoms with Crippen LogP contribution < -0.4 is 10.2 Å². The van der Waals surface area contributed by atoms with Crippen molar-refractivity contribution in [3.63, 3.8) is 0 Å². The number of para-hydroxylation sites is 1. The van der Waals surface area contributed by atoms with Crippen LogP contribution in [0.15, 0.2) is 35.9 Å². The number of hydrogen-bond acceptors (Lipinski definition) is 2. The minimum absolute atomic E-state index is 0.00769. The van der Waals surface area contributed by atoms with Crippen molar-refractivity contribution < 1.29 is 9.59 Å². The van der Waals surface area contributed by atoms with Crippen LogP contribution in [0.5, 0.6) is 0 Å². The lowest BCUT2D eigenvalue weighted by atomic mass is 10.1. The molecule has 1 aliphatic carbocycles. The fraction of sp³-hybridized carbons (Fsp3) is 0.412. The van der Waals surface area contributed by atoms with Crippen LogP contribution in [0.1, 0.15) is 37.0 Å². The van der Waals surface area contributed by atoms with Crippen molar-refractivity contribution >= 4 is 17.5 Å². The molecule has 1 heterocycles. The van der Waals surface area contributed by atoms with Crippen LogP contribution in [0.3, 0.4) is 0 Å². The largest absolute Gasteiger partial charge is 0.340 e. The normalized spacial score (nSPS) is 21.4. The highest BCUT2D eigenvalue weighted by Crippen LogP contribution is 2.36. The minimum Gasteiger partial charge on any atom is -0.340 e. The molecule has 1 aliphatic heterocycles. The molecule has 1 unspecified atom stereocenters. The van der Waals surface area contributed by atoms with E-state index in [4.69, 9.17) is 0 Å². The van der Waals surface area contributed by atoms with Crippen molar-refractivity contribution in [1.29, 1.82) is 0 Å². The quantitative estimate of drug-likeness (QED) is 0.867. The van der Waals surface area contributed by atoms with Crippen LogP contribution in [0.25, 0.3) is 0 Å². The molecule has 3 rings (SSSR count). The van der Waals surface area contributed by atoms with E-state index >= 15 is 0 Å². The topological polar surface area (TPSA) is 49.4 Å². The van der Waals surface area contributed by atoms with Gasteiger partial charge >= 0.3 is 0 Å². The number of fused-ring (bicyclic) bond motifs is 1. The van der Waals surface area contributed by atoms with E-state index in [1.54, 1.807) is 11.0 Å². The van der Waals surface area contributed by atoms with Gasteiger partial charge in [-0.2, -0.15) is 0 Å². The molecule has 110 valence electrons. The fourth-order valence-electron chi connectivity index (χ4n) is 2.68. The summed E-state index contributed by atoms with van der Waals surface area (Å²) in [4.78, 5) is 26.9. The summed E-state index contributed by atoms with van der Waals surface area (Å²) in [7, 11) is 0. The van der Waals surface area contributed by atoms with Gasteiger partial charge in [0.15, 0.2) is 0 Å². The first-order valence-electron chi connectivity index (χ1n) is 7.42. The third kappa shape index (κ3) is 2.71. The Morgan fingerprint density at radius 1 is 1.29 bits per heavy atom. The molecular weight excluding hydrogens is 264 g/mol. The fourth-order valence-corrected chi connectivity index (χ4v) is 2.68. The number of carbonyl (C=O) groups excluding carboxylic acids is 2.